The largest absolute Gasteiger partial charge is 1.00 e. The third kappa shape index (κ3) is 23.2. The summed E-state index contributed by atoms with van der Waals surface area (Å²) in [6.07, 6.45) is 4.43. The van der Waals surface area contributed by atoms with Crippen LogP contribution in [0.15, 0.2) is 60.7 Å². The standard InChI is InChI=1S/C22H18F2.C6H6O.C4H8O.C2H3O.C2H6.CH3.3K/c1-4-16-12-17(13-21(23)15(16)3)19-10-7-11-20(22(19)24)18-9-6-5-8-14(18)2;1-4-5(2)6(3)7;1-3-4(2)5;1-2-3;1-2;;;;/h5-7,9-13H,3-4H2,1-2H3;2H,1H2,3H3;4-5H,1-3H2;1H3;1-2H3;1H3;;;/q3*-2;-1;;-1;3*+1/t;;4-;;;;;;/m..0....../s1. The summed E-state index contributed by atoms with van der Waals surface area (Å²) in [7, 11) is 0. The Morgan fingerprint density at radius 1 is 1.09 bits per heavy atom. The summed E-state index contributed by atoms with van der Waals surface area (Å²) >= 11 is 0. The first-order valence-electron chi connectivity index (χ1n) is 13.1. The normalized spacial score (nSPS) is 9.04. The Morgan fingerprint density at radius 3 is 1.93 bits per heavy atom. The number of allylic oxidation sites excluding steroid dienone is 2. The van der Waals surface area contributed by atoms with Gasteiger partial charge in [0.25, 0.3) is 0 Å². The van der Waals surface area contributed by atoms with Gasteiger partial charge in [0.15, 0.2) is 0 Å². The molecule has 1 atom stereocenters. The molecule has 3 aromatic carbocycles. The summed E-state index contributed by atoms with van der Waals surface area (Å²) in [6.45, 7) is 29.1. The average Bonchev–Trinajstić information content (AvgIpc) is 2.96. The van der Waals surface area contributed by atoms with Crippen LogP contribution in [0.3, 0.4) is 0 Å². The smallest absolute Gasteiger partial charge is 0.542 e. The second-order valence-corrected chi connectivity index (χ2v) is 8.12. The van der Waals surface area contributed by atoms with Crippen LogP contribution in [0.4, 0.5) is 8.78 Å². The van der Waals surface area contributed by atoms with E-state index in [2.05, 4.69) is 39.5 Å². The van der Waals surface area contributed by atoms with Gasteiger partial charge >= 0.3 is 154 Å². The Morgan fingerprint density at radius 2 is 1.56 bits per heavy atom. The summed E-state index contributed by atoms with van der Waals surface area (Å²) in [5, 5.41) is 8.19. The maximum absolute atomic E-state index is 15.1. The maximum Gasteiger partial charge on any atom is 1.00 e. The monoisotopic (exact) mass is 691 g/mol. The molecule has 0 aliphatic heterocycles. The molecule has 0 bridgehead atoms. The zero-order valence-electron chi connectivity index (χ0n) is 29.0. The number of aryl methyl sites for hydroxylation is 2. The van der Waals surface area contributed by atoms with E-state index < -0.39 is 11.9 Å². The number of hydrogen-bond donors (Lipinski definition) is 1. The molecule has 3 nitrogen and oxygen atoms in total. The molecule has 0 radical (unpaired) electrons. The van der Waals surface area contributed by atoms with Gasteiger partial charge in [0.05, 0.1) is 0 Å². The Hall–Kier alpha value is 1.08. The number of carbonyl (C=O) groups excluding carboxylic acids is 2. The molecule has 0 saturated heterocycles. The van der Waals surface area contributed by atoms with E-state index in [4.69, 9.17) is 16.5 Å². The first-order chi connectivity index (χ1) is 19.4. The minimum atomic E-state index is -0.477. The van der Waals surface area contributed by atoms with E-state index in [-0.39, 0.29) is 179 Å². The van der Waals surface area contributed by atoms with Crippen molar-refractivity contribution in [1.82, 2.24) is 0 Å². The molecular weight excluding hydrogens is 648 g/mol. The minimum absolute atomic E-state index is 0. The van der Waals surface area contributed by atoms with Gasteiger partial charge in [-0.05, 0) is 11.1 Å². The molecule has 0 saturated carbocycles. The van der Waals surface area contributed by atoms with Crippen LogP contribution < -0.4 is 154 Å². The minimum Gasteiger partial charge on any atom is -0.542 e. The molecule has 1 N–H and O–H groups in total. The van der Waals surface area contributed by atoms with E-state index in [0.29, 0.717) is 35.1 Å². The zero-order chi connectivity index (χ0) is 32.1. The van der Waals surface area contributed by atoms with Gasteiger partial charge in [-0.1, -0.05) is 77.2 Å². The predicted octanol–water partition coefficient (Wildman–Crippen LogP) is 0.0861. The molecule has 3 rings (SSSR count). The number of aliphatic hydroxyl groups is 1. The van der Waals surface area contributed by atoms with E-state index in [0.717, 1.165) is 16.7 Å². The number of benzene rings is 3. The SMILES string of the molecule is CC.C[C-]=O.[CH-]=C([C-]=C)C(C)=O.[CH2-]C[C@H]([CH2-])O.[CH2-]c1c(F)cc(-c2cccc(-c3ccc[c-]c3C)c2F)cc1CC.[CH3-].[K+].[K+].[K+]. The van der Waals surface area contributed by atoms with Crippen LogP contribution >= 0.6 is 0 Å². The van der Waals surface area contributed by atoms with E-state index in [1.807, 2.05) is 45.9 Å². The average molecular weight is 692 g/mol. The van der Waals surface area contributed by atoms with Crippen LogP contribution in [0.5, 0.6) is 0 Å². The van der Waals surface area contributed by atoms with Crippen molar-refractivity contribution in [3.05, 3.63) is 136 Å². The number of aliphatic hydroxyl groups excluding tert-OH is 1. The van der Waals surface area contributed by atoms with Crippen molar-refractivity contribution in [2.24, 2.45) is 0 Å². The Labute approximate surface area is 400 Å². The van der Waals surface area contributed by atoms with Crippen molar-refractivity contribution in [3.63, 3.8) is 0 Å². The van der Waals surface area contributed by atoms with Crippen LogP contribution in [0, 0.1) is 65.5 Å². The number of hydrogen-bond acceptors (Lipinski definition) is 3. The van der Waals surface area contributed by atoms with Crippen LogP contribution in [-0.2, 0) is 16.0 Å². The Kier molecular flexibility index (Phi) is 45.2. The van der Waals surface area contributed by atoms with Crippen molar-refractivity contribution >= 4 is 12.1 Å². The van der Waals surface area contributed by atoms with E-state index in [1.54, 1.807) is 24.3 Å². The molecule has 3 aromatic rings. The van der Waals surface area contributed by atoms with Gasteiger partial charge in [-0.25, -0.2) is 11.0 Å². The summed E-state index contributed by atoms with van der Waals surface area (Å²) < 4.78 is 29.3. The van der Waals surface area contributed by atoms with E-state index in [1.165, 1.54) is 26.2 Å². The van der Waals surface area contributed by atoms with Crippen LogP contribution in [0.25, 0.3) is 22.3 Å². The zero-order valence-corrected chi connectivity index (χ0v) is 38.4. The van der Waals surface area contributed by atoms with Gasteiger partial charge < -0.3 is 54.2 Å². The van der Waals surface area contributed by atoms with Crippen molar-refractivity contribution in [3.8, 4) is 22.3 Å². The molecule has 0 spiro atoms. The molecule has 232 valence electrons. The van der Waals surface area contributed by atoms with Gasteiger partial charge in [0, 0.05) is 11.4 Å². The fraction of sp³-hybridized carbons (Fsp3) is 0.243. The molecule has 0 aromatic heterocycles. The van der Waals surface area contributed by atoms with Crippen LogP contribution in [-0.4, -0.2) is 23.3 Å². The van der Waals surface area contributed by atoms with Gasteiger partial charge in [-0.2, -0.15) is 55.7 Å². The summed E-state index contributed by atoms with van der Waals surface area (Å²) in [6, 6.07) is 17.0. The molecule has 0 aliphatic rings. The summed E-state index contributed by atoms with van der Waals surface area (Å²) in [4.78, 5) is 18.8. The number of carbonyl (C=O) groups is 1. The van der Waals surface area contributed by atoms with Gasteiger partial charge in [-0.3, -0.25) is 10.7 Å². The van der Waals surface area contributed by atoms with Crippen molar-refractivity contribution in [1.29, 1.82) is 0 Å². The fourth-order valence-electron chi connectivity index (χ4n) is 3.06. The van der Waals surface area contributed by atoms with Crippen LogP contribution in [0.2, 0.25) is 0 Å². The second kappa shape index (κ2) is 34.9. The molecule has 0 heterocycles. The Bertz CT molecular complexity index is 1260. The van der Waals surface area contributed by atoms with Crippen molar-refractivity contribution in [2.75, 3.05) is 0 Å². The van der Waals surface area contributed by atoms with Crippen LogP contribution in [0.1, 0.15) is 57.7 Å². The summed E-state index contributed by atoms with van der Waals surface area (Å²) in [5.74, 6) is -0.938. The maximum atomic E-state index is 15.1. The van der Waals surface area contributed by atoms with E-state index >= 15 is 4.39 Å². The summed E-state index contributed by atoms with van der Waals surface area (Å²) in [5.41, 5.74) is 4.37. The van der Waals surface area contributed by atoms with Gasteiger partial charge in [0.2, 0.25) is 0 Å². The van der Waals surface area contributed by atoms with Gasteiger partial charge in [0.1, 0.15) is 5.82 Å². The number of Topliss-reactive ketones (excluding diaryl/α,β-unsaturated/α-hetero) is 1. The van der Waals surface area contributed by atoms with Gasteiger partial charge in [-0.15, -0.1) is 17.2 Å². The molecule has 0 aliphatic carbocycles. The fourth-order valence-corrected chi connectivity index (χ4v) is 3.06. The van der Waals surface area contributed by atoms with Crippen molar-refractivity contribution < 1.29 is 178 Å². The molecule has 45 heavy (non-hydrogen) atoms. The molecular formula is C37H44F2K3O3-5. The molecule has 8 heteroatoms. The Balaban J connectivity index is -0.000000153. The number of ketones is 1. The van der Waals surface area contributed by atoms with Crippen molar-refractivity contribution in [2.45, 2.75) is 60.5 Å². The first kappa shape index (κ1) is 58.3. The van der Waals surface area contributed by atoms with E-state index in [9.17, 15) is 9.18 Å². The topological polar surface area (TPSA) is 54.4 Å². The quantitative estimate of drug-likeness (QED) is 0.173. The first-order valence-corrected chi connectivity index (χ1v) is 13.1. The molecule has 0 fully saturated rings. The molecule has 0 unspecified atom stereocenters. The second-order valence-electron chi connectivity index (χ2n) is 8.12. The predicted molar refractivity (Wildman–Crippen MR) is 172 cm³/mol. The molecule has 0 amide bonds. The number of halogens is 2. The third-order valence-corrected chi connectivity index (χ3v) is 5.23. The number of rotatable bonds is 6. The third-order valence-electron chi connectivity index (χ3n) is 5.23.